The van der Waals surface area contributed by atoms with Crippen LogP contribution in [-0.4, -0.2) is 36.7 Å². The first-order valence-corrected chi connectivity index (χ1v) is 7.80. The fraction of sp³-hybridized carbons (Fsp3) is 0.529. The van der Waals surface area contributed by atoms with Crippen LogP contribution in [0.2, 0.25) is 0 Å². The normalized spacial score (nSPS) is 25.5. The second-order valence-corrected chi connectivity index (χ2v) is 5.95. The highest BCUT2D eigenvalue weighted by molar-refractivity contribution is 5.71. The third-order valence-electron chi connectivity index (χ3n) is 4.54. The number of nitrogens with zero attached hydrogens (tertiary/aromatic N) is 1. The topological polar surface area (TPSA) is 55.8 Å². The monoisotopic (exact) mass is 303 g/mol. The van der Waals surface area contributed by atoms with Gasteiger partial charge in [0.05, 0.1) is 6.61 Å². The highest BCUT2D eigenvalue weighted by Crippen LogP contribution is 2.53. The maximum absolute atomic E-state index is 12.0. The van der Waals surface area contributed by atoms with Crippen LogP contribution >= 0.6 is 0 Å². The molecule has 1 heterocycles. The van der Waals surface area contributed by atoms with E-state index >= 15 is 0 Å². The molecule has 3 atom stereocenters. The van der Waals surface area contributed by atoms with Gasteiger partial charge in [0, 0.05) is 19.5 Å². The lowest BCUT2D eigenvalue weighted by molar-refractivity contribution is -0.143. The quantitative estimate of drug-likeness (QED) is 0.784. The van der Waals surface area contributed by atoms with E-state index in [0.717, 1.165) is 5.56 Å². The molecule has 5 nitrogen and oxygen atoms in total. The Labute approximate surface area is 130 Å². The number of amides is 1. The van der Waals surface area contributed by atoms with Gasteiger partial charge in [-0.1, -0.05) is 30.3 Å². The Morgan fingerprint density at radius 2 is 1.82 bits per heavy atom. The molecule has 0 radical (unpaired) electrons. The van der Waals surface area contributed by atoms with Crippen molar-refractivity contribution in [2.45, 2.75) is 20.0 Å². The van der Waals surface area contributed by atoms with Crippen molar-refractivity contribution in [2.24, 2.45) is 17.8 Å². The van der Waals surface area contributed by atoms with E-state index in [1.54, 1.807) is 4.90 Å². The van der Waals surface area contributed by atoms with Gasteiger partial charge in [-0.3, -0.25) is 4.79 Å². The number of benzene rings is 1. The first kappa shape index (κ1) is 14.9. The predicted molar refractivity (Wildman–Crippen MR) is 79.9 cm³/mol. The number of fused-ring (bicyclic) bond motifs is 1. The van der Waals surface area contributed by atoms with Gasteiger partial charge in [0.1, 0.15) is 6.61 Å². The maximum Gasteiger partial charge on any atom is 0.410 e. The zero-order valence-corrected chi connectivity index (χ0v) is 12.7. The van der Waals surface area contributed by atoms with Gasteiger partial charge in [-0.15, -0.1) is 0 Å². The number of rotatable bonds is 5. The van der Waals surface area contributed by atoms with Crippen LogP contribution < -0.4 is 0 Å². The second kappa shape index (κ2) is 6.38. The predicted octanol–water partition coefficient (Wildman–Crippen LogP) is 2.45. The summed E-state index contributed by atoms with van der Waals surface area (Å²) in [6, 6.07) is 9.65. The molecule has 1 amide bonds. The van der Waals surface area contributed by atoms with E-state index in [-0.39, 0.29) is 12.1 Å². The minimum atomic E-state index is -0.258. The van der Waals surface area contributed by atoms with Crippen molar-refractivity contribution < 1.29 is 19.1 Å². The third-order valence-corrected chi connectivity index (χ3v) is 4.54. The Kier molecular flexibility index (Phi) is 4.32. The summed E-state index contributed by atoms with van der Waals surface area (Å²) in [5.74, 6) is 1.14. The van der Waals surface area contributed by atoms with Crippen LogP contribution in [0.15, 0.2) is 30.3 Å². The molecular weight excluding hydrogens is 282 g/mol. The summed E-state index contributed by atoms with van der Waals surface area (Å²) in [5, 5.41) is 0. The Balaban J connectivity index is 1.40. The van der Waals surface area contributed by atoms with Crippen molar-refractivity contribution in [1.29, 1.82) is 0 Å². The van der Waals surface area contributed by atoms with Gasteiger partial charge >= 0.3 is 12.1 Å². The van der Waals surface area contributed by atoms with Gasteiger partial charge in [-0.05, 0) is 30.2 Å². The fourth-order valence-corrected chi connectivity index (χ4v) is 3.32. The Hall–Kier alpha value is -2.04. The second-order valence-electron chi connectivity index (χ2n) is 5.95. The lowest BCUT2D eigenvalue weighted by Gasteiger charge is -2.19. The summed E-state index contributed by atoms with van der Waals surface area (Å²) in [6.45, 7) is 3.94. The van der Waals surface area contributed by atoms with E-state index in [2.05, 4.69) is 0 Å². The van der Waals surface area contributed by atoms with E-state index in [1.165, 1.54) is 0 Å². The van der Waals surface area contributed by atoms with E-state index in [1.807, 2.05) is 37.3 Å². The van der Waals surface area contributed by atoms with Crippen LogP contribution in [0, 0.1) is 17.8 Å². The molecule has 1 aliphatic heterocycles. The van der Waals surface area contributed by atoms with Crippen molar-refractivity contribution >= 4 is 12.1 Å². The fourth-order valence-electron chi connectivity index (χ4n) is 3.32. The standard InChI is InChI=1S/C17H21NO4/c1-2-21-16(19)8-13-14-9-18(10-15(13)14)17(20)22-11-12-6-4-3-5-7-12/h3-7,13-15H,2,8-11H2,1H3/t13-,14+,15-. The molecule has 2 aliphatic rings. The van der Waals surface area contributed by atoms with E-state index in [4.69, 9.17) is 9.47 Å². The summed E-state index contributed by atoms with van der Waals surface area (Å²) in [7, 11) is 0. The highest BCUT2D eigenvalue weighted by atomic mass is 16.6. The number of piperidine rings is 1. The zero-order valence-electron chi connectivity index (χ0n) is 12.7. The average molecular weight is 303 g/mol. The molecule has 2 fully saturated rings. The van der Waals surface area contributed by atoms with Gasteiger partial charge in [0.2, 0.25) is 0 Å². The summed E-state index contributed by atoms with van der Waals surface area (Å²) >= 11 is 0. The number of likely N-dealkylation sites (tertiary alicyclic amines) is 1. The summed E-state index contributed by atoms with van der Waals surface area (Å²) < 4.78 is 10.3. The van der Waals surface area contributed by atoms with Crippen molar-refractivity contribution in [3.05, 3.63) is 35.9 Å². The van der Waals surface area contributed by atoms with Crippen LogP contribution in [-0.2, 0) is 20.9 Å². The van der Waals surface area contributed by atoms with Crippen LogP contribution in [0.5, 0.6) is 0 Å². The summed E-state index contributed by atoms with van der Waals surface area (Å²) in [6.07, 6.45) is 0.224. The molecule has 0 unspecified atom stereocenters. The summed E-state index contributed by atoms with van der Waals surface area (Å²) in [5.41, 5.74) is 0.986. The molecule has 1 aromatic rings. The Bertz CT molecular complexity index is 533. The first-order valence-electron chi connectivity index (χ1n) is 7.80. The minimum Gasteiger partial charge on any atom is -0.466 e. The van der Waals surface area contributed by atoms with Crippen LogP contribution in [0.4, 0.5) is 4.79 Å². The van der Waals surface area contributed by atoms with Gasteiger partial charge in [0.25, 0.3) is 0 Å². The number of carbonyl (C=O) groups excluding carboxylic acids is 2. The number of hydrogen-bond acceptors (Lipinski definition) is 4. The molecule has 1 aromatic carbocycles. The summed E-state index contributed by atoms with van der Waals surface area (Å²) in [4.78, 5) is 25.3. The lowest BCUT2D eigenvalue weighted by atomic mass is 10.2. The average Bonchev–Trinajstić information content (AvgIpc) is 2.97. The SMILES string of the molecule is CCOC(=O)C[C@H]1[C@H]2CN(C(=O)OCc3ccccc3)C[C@@H]12. The van der Waals surface area contributed by atoms with Gasteiger partial charge in [0.15, 0.2) is 0 Å². The molecule has 1 saturated carbocycles. The molecule has 5 heteroatoms. The molecule has 22 heavy (non-hydrogen) atoms. The molecule has 0 N–H and O–H groups in total. The molecular formula is C17H21NO4. The van der Waals surface area contributed by atoms with Crippen LogP contribution in [0.25, 0.3) is 0 Å². The van der Waals surface area contributed by atoms with E-state index < -0.39 is 0 Å². The highest BCUT2D eigenvalue weighted by Gasteiger charge is 2.57. The van der Waals surface area contributed by atoms with Gasteiger partial charge in [-0.25, -0.2) is 4.79 Å². The van der Waals surface area contributed by atoms with E-state index in [0.29, 0.717) is 50.5 Å². The number of esters is 1. The number of ether oxygens (including phenoxy) is 2. The smallest absolute Gasteiger partial charge is 0.410 e. The lowest BCUT2D eigenvalue weighted by Crippen LogP contribution is -2.32. The molecule has 0 aromatic heterocycles. The van der Waals surface area contributed by atoms with Crippen molar-refractivity contribution in [2.75, 3.05) is 19.7 Å². The maximum atomic E-state index is 12.0. The first-order chi connectivity index (χ1) is 10.7. The van der Waals surface area contributed by atoms with Crippen LogP contribution in [0.3, 0.4) is 0 Å². The molecule has 0 bridgehead atoms. The van der Waals surface area contributed by atoms with Crippen molar-refractivity contribution in [1.82, 2.24) is 4.90 Å². The Morgan fingerprint density at radius 1 is 1.14 bits per heavy atom. The number of carbonyl (C=O) groups is 2. The molecule has 1 aliphatic carbocycles. The van der Waals surface area contributed by atoms with Gasteiger partial charge in [-0.2, -0.15) is 0 Å². The van der Waals surface area contributed by atoms with Crippen molar-refractivity contribution in [3.8, 4) is 0 Å². The third kappa shape index (κ3) is 3.24. The van der Waals surface area contributed by atoms with Gasteiger partial charge < -0.3 is 14.4 Å². The number of hydrogen-bond donors (Lipinski definition) is 0. The van der Waals surface area contributed by atoms with Crippen molar-refractivity contribution in [3.63, 3.8) is 0 Å². The Morgan fingerprint density at radius 3 is 2.45 bits per heavy atom. The minimum absolute atomic E-state index is 0.125. The molecule has 3 rings (SSSR count). The van der Waals surface area contributed by atoms with Crippen LogP contribution in [0.1, 0.15) is 18.9 Å². The largest absolute Gasteiger partial charge is 0.466 e. The van der Waals surface area contributed by atoms with E-state index in [9.17, 15) is 9.59 Å². The zero-order chi connectivity index (χ0) is 15.5. The molecule has 1 saturated heterocycles. The molecule has 0 spiro atoms. The molecule has 118 valence electrons.